The molecule has 1 saturated carbocycles. The molecule has 0 aromatic rings. The van der Waals surface area contributed by atoms with E-state index in [2.05, 4.69) is 20.9 Å². The van der Waals surface area contributed by atoms with E-state index in [1.807, 2.05) is 41.5 Å². The van der Waals surface area contributed by atoms with Gasteiger partial charge in [-0.1, -0.05) is 12.8 Å². The average Bonchev–Trinajstić information content (AvgIpc) is 3.02. The van der Waals surface area contributed by atoms with Gasteiger partial charge in [0.2, 0.25) is 0 Å². The zero-order chi connectivity index (χ0) is 21.3. The Balaban J connectivity index is 2.49. The number of amides is 1. The standard InChI is InChI=1S/C21H42N4O3/c1-8-27-14-13-21(11-9-10-12-21)16-24-17(22-7)23-15-20(5,6)25-18(26)28-19(2,3)4/h8-16H2,1-7H3,(H,25,26)(H2,22,23,24). The fourth-order valence-electron chi connectivity index (χ4n) is 3.49. The first-order chi connectivity index (χ1) is 13.0. The van der Waals surface area contributed by atoms with Crippen LogP contribution in [0.1, 0.15) is 73.6 Å². The molecule has 1 rings (SSSR count). The zero-order valence-electron chi connectivity index (χ0n) is 19.0. The summed E-state index contributed by atoms with van der Waals surface area (Å²) in [4.78, 5) is 16.4. The van der Waals surface area contributed by atoms with E-state index in [-0.39, 0.29) is 5.41 Å². The molecule has 7 heteroatoms. The predicted molar refractivity (Wildman–Crippen MR) is 115 cm³/mol. The molecule has 28 heavy (non-hydrogen) atoms. The van der Waals surface area contributed by atoms with E-state index in [1.165, 1.54) is 25.7 Å². The number of nitrogens with zero attached hydrogens (tertiary/aromatic N) is 1. The Bertz CT molecular complexity index is 506. The molecule has 0 aromatic heterocycles. The molecule has 1 amide bonds. The molecule has 1 aliphatic carbocycles. The SMILES string of the molecule is CCOCCC1(CNC(=NC)NCC(C)(C)NC(=O)OC(C)(C)C)CCCC1. The number of carbonyl (C=O) groups excluding carboxylic acids is 1. The summed E-state index contributed by atoms with van der Waals surface area (Å²) in [5.41, 5.74) is -0.695. The third-order valence-electron chi connectivity index (χ3n) is 5.04. The summed E-state index contributed by atoms with van der Waals surface area (Å²) in [6.07, 6.45) is 5.70. The average molecular weight is 399 g/mol. The maximum Gasteiger partial charge on any atom is 0.408 e. The summed E-state index contributed by atoms with van der Waals surface area (Å²) in [5, 5.41) is 9.71. The van der Waals surface area contributed by atoms with E-state index in [1.54, 1.807) is 7.05 Å². The van der Waals surface area contributed by atoms with Gasteiger partial charge in [0.25, 0.3) is 0 Å². The first-order valence-electron chi connectivity index (χ1n) is 10.5. The van der Waals surface area contributed by atoms with Crippen LogP contribution in [0.5, 0.6) is 0 Å². The van der Waals surface area contributed by atoms with Gasteiger partial charge in [0.1, 0.15) is 5.60 Å². The van der Waals surface area contributed by atoms with Gasteiger partial charge in [-0.3, -0.25) is 4.99 Å². The zero-order valence-corrected chi connectivity index (χ0v) is 19.0. The van der Waals surface area contributed by atoms with E-state index >= 15 is 0 Å². The second kappa shape index (κ2) is 10.9. The number of aliphatic imine (C=N–C) groups is 1. The molecule has 3 N–H and O–H groups in total. The summed E-state index contributed by atoms with van der Waals surface area (Å²) in [5.74, 6) is 0.752. The van der Waals surface area contributed by atoms with Gasteiger partial charge in [-0.25, -0.2) is 4.79 Å². The molecule has 0 aliphatic heterocycles. The van der Waals surface area contributed by atoms with Crippen molar-refractivity contribution in [1.82, 2.24) is 16.0 Å². The molecule has 164 valence electrons. The Morgan fingerprint density at radius 3 is 2.29 bits per heavy atom. The minimum absolute atomic E-state index is 0.289. The van der Waals surface area contributed by atoms with Gasteiger partial charge >= 0.3 is 6.09 Å². The highest BCUT2D eigenvalue weighted by molar-refractivity contribution is 5.80. The van der Waals surface area contributed by atoms with Gasteiger partial charge in [0, 0.05) is 33.4 Å². The summed E-state index contributed by atoms with van der Waals surface area (Å²) in [7, 11) is 1.77. The maximum absolute atomic E-state index is 12.0. The van der Waals surface area contributed by atoms with Crippen molar-refractivity contribution < 1.29 is 14.3 Å². The maximum atomic E-state index is 12.0. The number of rotatable bonds is 9. The third-order valence-corrected chi connectivity index (χ3v) is 5.04. The Hall–Kier alpha value is -1.50. The van der Waals surface area contributed by atoms with Crippen molar-refractivity contribution >= 4 is 12.1 Å². The normalized spacial score (nSPS) is 17.3. The van der Waals surface area contributed by atoms with Crippen LogP contribution in [0, 0.1) is 5.41 Å². The quantitative estimate of drug-likeness (QED) is 0.315. The molecule has 0 radical (unpaired) electrons. The van der Waals surface area contributed by atoms with Crippen LogP contribution in [-0.2, 0) is 9.47 Å². The highest BCUT2D eigenvalue weighted by Gasteiger charge is 2.33. The lowest BCUT2D eigenvalue weighted by atomic mass is 9.83. The van der Waals surface area contributed by atoms with Crippen LogP contribution in [0.3, 0.4) is 0 Å². The number of alkyl carbamates (subject to hydrolysis) is 1. The van der Waals surface area contributed by atoms with Crippen LogP contribution >= 0.6 is 0 Å². The van der Waals surface area contributed by atoms with E-state index < -0.39 is 17.2 Å². The fraction of sp³-hybridized carbons (Fsp3) is 0.905. The highest BCUT2D eigenvalue weighted by Crippen LogP contribution is 2.40. The Labute approximate surface area is 171 Å². The number of guanidine groups is 1. The Kier molecular flexibility index (Phi) is 9.54. The van der Waals surface area contributed by atoms with Crippen LogP contribution in [0.25, 0.3) is 0 Å². The van der Waals surface area contributed by atoms with Crippen molar-refractivity contribution in [2.75, 3.05) is 33.4 Å². The monoisotopic (exact) mass is 398 g/mol. The molecule has 0 unspecified atom stereocenters. The first kappa shape index (κ1) is 24.5. The lowest BCUT2D eigenvalue weighted by Gasteiger charge is -2.32. The molecule has 0 saturated heterocycles. The first-order valence-corrected chi connectivity index (χ1v) is 10.5. The predicted octanol–water partition coefficient (Wildman–Crippen LogP) is 3.44. The van der Waals surface area contributed by atoms with Gasteiger partial charge in [0.05, 0.1) is 5.54 Å². The minimum atomic E-state index is -0.512. The number of nitrogens with one attached hydrogen (secondary N) is 3. The molecule has 1 fully saturated rings. The summed E-state index contributed by atoms with van der Waals surface area (Å²) < 4.78 is 10.9. The molecule has 0 aromatic carbocycles. The molecule has 0 bridgehead atoms. The largest absolute Gasteiger partial charge is 0.444 e. The molecule has 0 atom stereocenters. The van der Waals surface area contributed by atoms with Gasteiger partial charge in [-0.15, -0.1) is 0 Å². The van der Waals surface area contributed by atoms with E-state index in [9.17, 15) is 4.79 Å². The van der Waals surface area contributed by atoms with Crippen molar-refractivity contribution in [1.29, 1.82) is 0 Å². The Morgan fingerprint density at radius 1 is 1.11 bits per heavy atom. The van der Waals surface area contributed by atoms with Gasteiger partial charge in [-0.05, 0) is 66.2 Å². The highest BCUT2D eigenvalue weighted by atomic mass is 16.6. The van der Waals surface area contributed by atoms with Crippen molar-refractivity contribution in [2.45, 2.75) is 84.8 Å². The lowest BCUT2D eigenvalue weighted by molar-refractivity contribution is 0.0474. The third kappa shape index (κ3) is 9.62. The van der Waals surface area contributed by atoms with Crippen LogP contribution in [0.15, 0.2) is 4.99 Å². The van der Waals surface area contributed by atoms with Crippen LogP contribution in [0.2, 0.25) is 0 Å². The van der Waals surface area contributed by atoms with E-state index in [4.69, 9.17) is 9.47 Å². The second-order valence-corrected chi connectivity index (χ2v) is 9.44. The van der Waals surface area contributed by atoms with Crippen molar-refractivity contribution in [2.24, 2.45) is 10.4 Å². The number of carbonyl (C=O) groups is 1. The Morgan fingerprint density at radius 2 is 1.75 bits per heavy atom. The van der Waals surface area contributed by atoms with E-state index in [0.717, 1.165) is 32.1 Å². The number of hydrogen-bond acceptors (Lipinski definition) is 4. The smallest absolute Gasteiger partial charge is 0.408 e. The number of hydrogen-bond donors (Lipinski definition) is 3. The van der Waals surface area contributed by atoms with Crippen molar-refractivity contribution in [3.63, 3.8) is 0 Å². The van der Waals surface area contributed by atoms with Crippen molar-refractivity contribution in [3.05, 3.63) is 0 Å². The molecular weight excluding hydrogens is 356 g/mol. The molecule has 0 spiro atoms. The second-order valence-electron chi connectivity index (χ2n) is 9.44. The summed E-state index contributed by atoms with van der Waals surface area (Å²) in [6, 6.07) is 0. The number of ether oxygens (including phenoxy) is 2. The van der Waals surface area contributed by atoms with Crippen LogP contribution < -0.4 is 16.0 Å². The molecule has 0 heterocycles. The van der Waals surface area contributed by atoms with Gasteiger partial charge in [0.15, 0.2) is 5.96 Å². The summed E-state index contributed by atoms with van der Waals surface area (Å²) >= 11 is 0. The van der Waals surface area contributed by atoms with Crippen LogP contribution in [-0.4, -0.2) is 56.5 Å². The molecule has 7 nitrogen and oxygen atoms in total. The minimum Gasteiger partial charge on any atom is -0.444 e. The topological polar surface area (TPSA) is 84.0 Å². The van der Waals surface area contributed by atoms with Crippen molar-refractivity contribution in [3.8, 4) is 0 Å². The van der Waals surface area contributed by atoms with E-state index in [0.29, 0.717) is 6.54 Å². The van der Waals surface area contributed by atoms with Gasteiger partial charge < -0.3 is 25.4 Å². The summed E-state index contributed by atoms with van der Waals surface area (Å²) in [6.45, 7) is 14.5. The lowest BCUT2D eigenvalue weighted by Crippen LogP contribution is -2.54. The fourth-order valence-corrected chi connectivity index (χ4v) is 3.49. The molecule has 1 aliphatic rings. The molecular formula is C21H42N4O3. The van der Waals surface area contributed by atoms with Crippen LogP contribution in [0.4, 0.5) is 4.79 Å². The van der Waals surface area contributed by atoms with Gasteiger partial charge in [-0.2, -0.15) is 0 Å².